The third kappa shape index (κ3) is 4.41. The lowest BCUT2D eigenvalue weighted by molar-refractivity contribution is -0.929. The maximum Gasteiger partial charge on any atom is 0.255 e. The lowest BCUT2D eigenvalue weighted by Gasteiger charge is -2.26. The smallest absolute Gasteiger partial charge is 0.255 e. The fourth-order valence-electron chi connectivity index (χ4n) is 4.42. The van der Waals surface area contributed by atoms with E-state index in [9.17, 15) is 4.79 Å². The van der Waals surface area contributed by atoms with Crippen molar-refractivity contribution in [2.24, 2.45) is 0 Å². The summed E-state index contributed by atoms with van der Waals surface area (Å²) in [4.78, 5) is 14.3. The van der Waals surface area contributed by atoms with Crippen LogP contribution in [0.4, 0.5) is 5.69 Å². The molecular formula is C26H29N2O+. The van der Waals surface area contributed by atoms with Gasteiger partial charge in [0.05, 0.1) is 6.54 Å². The number of rotatable bonds is 4. The number of amides is 1. The van der Waals surface area contributed by atoms with E-state index < -0.39 is 0 Å². The predicted octanol–water partition coefficient (Wildman–Crippen LogP) is 4.01. The van der Waals surface area contributed by atoms with E-state index in [1.54, 1.807) is 4.90 Å². The number of hydrogen-bond acceptors (Lipinski definition) is 1. The SMILES string of the molecule is Cc1cc(C)c(NC(=O)c2ccc(C[NH+]3CCc4ccccc4C3)cc2)c(C)c1. The molecule has 0 saturated heterocycles. The fraction of sp³-hybridized carbons (Fsp3) is 0.269. The number of anilines is 1. The van der Waals surface area contributed by atoms with Crippen LogP contribution in [0.15, 0.2) is 60.7 Å². The molecule has 4 rings (SSSR count). The molecule has 1 heterocycles. The minimum absolute atomic E-state index is 0.0501. The Bertz CT molecular complexity index is 1010. The Hall–Kier alpha value is -2.91. The first-order valence-corrected chi connectivity index (χ1v) is 10.4. The van der Waals surface area contributed by atoms with Gasteiger partial charge in [0.1, 0.15) is 13.1 Å². The van der Waals surface area contributed by atoms with Gasteiger partial charge in [-0.15, -0.1) is 0 Å². The van der Waals surface area contributed by atoms with Gasteiger partial charge in [-0.2, -0.15) is 0 Å². The summed E-state index contributed by atoms with van der Waals surface area (Å²) in [5, 5.41) is 3.09. The van der Waals surface area contributed by atoms with Crippen LogP contribution in [0.2, 0.25) is 0 Å². The van der Waals surface area contributed by atoms with E-state index in [0.29, 0.717) is 5.56 Å². The molecule has 0 saturated carbocycles. The van der Waals surface area contributed by atoms with Gasteiger partial charge in [0.25, 0.3) is 5.91 Å². The summed E-state index contributed by atoms with van der Waals surface area (Å²) >= 11 is 0. The number of carbonyl (C=O) groups is 1. The summed E-state index contributed by atoms with van der Waals surface area (Å²) in [7, 11) is 0. The Morgan fingerprint density at radius 1 is 0.931 bits per heavy atom. The second-order valence-corrected chi connectivity index (χ2v) is 8.30. The Balaban J connectivity index is 1.41. The van der Waals surface area contributed by atoms with E-state index in [2.05, 4.69) is 60.8 Å². The van der Waals surface area contributed by atoms with Crippen LogP contribution in [-0.2, 0) is 19.5 Å². The average molecular weight is 386 g/mol. The maximum absolute atomic E-state index is 12.7. The van der Waals surface area contributed by atoms with Crippen LogP contribution in [-0.4, -0.2) is 12.5 Å². The highest BCUT2D eigenvalue weighted by Gasteiger charge is 2.19. The van der Waals surface area contributed by atoms with Crippen molar-refractivity contribution in [1.82, 2.24) is 0 Å². The zero-order chi connectivity index (χ0) is 20.4. The Labute approximate surface area is 173 Å². The van der Waals surface area contributed by atoms with Crippen molar-refractivity contribution in [3.63, 3.8) is 0 Å². The summed E-state index contributed by atoms with van der Waals surface area (Å²) in [5.74, 6) is -0.0501. The zero-order valence-electron chi connectivity index (χ0n) is 17.5. The molecule has 1 unspecified atom stereocenters. The van der Waals surface area contributed by atoms with E-state index in [1.807, 2.05) is 26.0 Å². The van der Waals surface area contributed by atoms with Crippen molar-refractivity contribution in [1.29, 1.82) is 0 Å². The molecule has 3 aromatic carbocycles. The molecule has 3 heteroatoms. The third-order valence-electron chi connectivity index (χ3n) is 5.89. The highest BCUT2D eigenvalue weighted by atomic mass is 16.1. The van der Waals surface area contributed by atoms with E-state index in [1.165, 1.54) is 22.3 Å². The van der Waals surface area contributed by atoms with Crippen molar-refractivity contribution in [2.45, 2.75) is 40.3 Å². The number of aryl methyl sites for hydroxylation is 3. The molecule has 0 aromatic heterocycles. The molecule has 3 nitrogen and oxygen atoms in total. The van der Waals surface area contributed by atoms with Crippen molar-refractivity contribution in [2.75, 3.05) is 11.9 Å². The zero-order valence-corrected chi connectivity index (χ0v) is 17.5. The molecule has 3 aromatic rings. The van der Waals surface area contributed by atoms with E-state index in [0.717, 1.165) is 42.9 Å². The number of nitrogens with one attached hydrogen (secondary N) is 2. The predicted molar refractivity (Wildman–Crippen MR) is 118 cm³/mol. The van der Waals surface area contributed by atoms with Gasteiger partial charge in [-0.25, -0.2) is 0 Å². The van der Waals surface area contributed by atoms with Gasteiger partial charge in [0, 0.05) is 28.8 Å². The molecule has 0 spiro atoms. The molecular weight excluding hydrogens is 356 g/mol. The lowest BCUT2D eigenvalue weighted by Crippen LogP contribution is -3.10. The second-order valence-electron chi connectivity index (χ2n) is 8.30. The number of quaternary nitrogens is 1. The molecule has 1 aliphatic rings. The topological polar surface area (TPSA) is 33.5 Å². The van der Waals surface area contributed by atoms with Crippen LogP contribution in [0.25, 0.3) is 0 Å². The standard InChI is InChI=1S/C26H28N2O/c1-18-14-19(2)25(20(3)15-18)27-26(29)23-10-8-21(9-11-23)16-28-13-12-22-6-4-5-7-24(22)17-28/h4-11,14-15H,12-13,16-17H2,1-3H3,(H,27,29)/p+1. The maximum atomic E-state index is 12.7. The monoisotopic (exact) mass is 385 g/mol. The first-order chi connectivity index (χ1) is 14.0. The van der Waals surface area contributed by atoms with Gasteiger partial charge in [0.15, 0.2) is 0 Å². The minimum atomic E-state index is -0.0501. The number of fused-ring (bicyclic) bond motifs is 1. The Morgan fingerprint density at radius 2 is 1.59 bits per heavy atom. The molecule has 1 aliphatic heterocycles. The van der Waals surface area contributed by atoms with Crippen molar-refractivity contribution < 1.29 is 9.69 Å². The summed E-state index contributed by atoms with van der Waals surface area (Å²) in [5.41, 5.74) is 9.26. The quantitative estimate of drug-likeness (QED) is 0.699. The van der Waals surface area contributed by atoms with E-state index in [-0.39, 0.29) is 5.91 Å². The summed E-state index contributed by atoms with van der Waals surface area (Å²) < 4.78 is 0. The van der Waals surface area contributed by atoms with Crippen molar-refractivity contribution in [3.8, 4) is 0 Å². The molecule has 29 heavy (non-hydrogen) atoms. The van der Waals surface area contributed by atoms with Crippen molar-refractivity contribution >= 4 is 11.6 Å². The molecule has 1 amide bonds. The summed E-state index contributed by atoms with van der Waals surface area (Å²) in [6.07, 6.45) is 1.14. The summed E-state index contributed by atoms with van der Waals surface area (Å²) in [6, 6.07) is 21.0. The van der Waals surface area contributed by atoms with Crippen LogP contribution in [0.5, 0.6) is 0 Å². The molecule has 0 aliphatic carbocycles. The molecule has 0 radical (unpaired) electrons. The molecule has 0 bridgehead atoms. The van der Waals surface area contributed by atoms with Gasteiger partial charge in [-0.05, 0) is 49.6 Å². The van der Waals surface area contributed by atoms with Crippen LogP contribution < -0.4 is 10.2 Å². The Kier molecular flexibility index (Phi) is 5.50. The average Bonchev–Trinajstić information content (AvgIpc) is 2.71. The number of carbonyl (C=O) groups excluding carboxylic acids is 1. The normalized spacial score (nSPS) is 15.6. The van der Waals surface area contributed by atoms with Gasteiger partial charge in [-0.1, -0.05) is 54.1 Å². The number of hydrogen-bond donors (Lipinski definition) is 2. The van der Waals surface area contributed by atoms with E-state index >= 15 is 0 Å². The first kappa shape index (κ1) is 19.4. The van der Waals surface area contributed by atoms with Gasteiger partial charge in [0.2, 0.25) is 0 Å². The third-order valence-corrected chi connectivity index (χ3v) is 5.89. The number of benzene rings is 3. The lowest BCUT2D eigenvalue weighted by atomic mass is 9.99. The highest BCUT2D eigenvalue weighted by molar-refractivity contribution is 6.05. The highest BCUT2D eigenvalue weighted by Crippen LogP contribution is 2.22. The first-order valence-electron chi connectivity index (χ1n) is 10.4. The van der Waals surface area contributed by atoms with Crippen LogP contribution >= 0.6 is 0 Å². The van der Waals surface area contributed by atoms with Gasteiger partial charge < -0.3 is 10.2 Å². The van der Waals surface area contributed by atoms with Crippen LogP contribution in [0, 0.1) is 20.8 Å². The molecule has 1 atom stereocenters. The van der Waals surface area contributed by atoms with Crippen LogP contribution in [0.3, 0.4) is 0 Å². The second kappa shape index (κ2) is 8.22. The van der Waals surface area contributed by atoms with Gasteiger partial charge in [-0.3, -0.25) is 4.79 Å². The minimum Gasteiger partial charge on any atom is -0.327 e. The fourth-order valence-corrected chi connectivity index (χ4v) is 4.42. The molecule has 2 N–H and O–H groups in total. The Morgan fingerprint density at radius 3 is 2.28 bits per heavy atom. The summed E-state index contributed by atoms with van der Waals surface area (Å²) in [6.45, 7) is 9.38. The molecule has 148 valence electrons. The van der Waals surface area contributed by atoms with Gasteiger partial charge >= 0.3 is 0 Å². The van der Waals surface area contributed by atoms with Crippen LogP contribution in [0.1, 0.15) is 43.7 Å². The van der Waals surface area contributed by atoms with E-state index in [4.69, 9.17) is 0 Å². The molecule has 0 fully saturated rings. The largest absolute Gasteiger partial charge is 0.327 e. The van der Waals surface area contributed by atoms with Crippen molar-refractivity contribution in [3.05, 3.63) is 99.6 Å².